The molecule has 4 aliphatic rings. The summed E-state index contributed by atoms with van der Waals surface area (Å²) in [5, 5.41) is 10.6. The molecule has 4 fully saturated rings. The number of hydrogen-bond acceptors (Lipinski definition) is 6. The van der Waals surface area contributed by atoms with Gasteiger partial charge in [0.05, 0.1) is 30.9 Å². The minimum atomic E-state index is -0.596. The molecular weight excluding hydrogens is 474 g/mol. The first kappa shape index (κ1) is 27.2. The largest absolute Gasteiger partial charge is 0.477 e. The molecule has 2 atom stereocenters. The van der Waals surface area contributed by atoms with Crippen LogP contribution in [-0.2, 0) is 14.4 Å². The Morgan fingerprint density at radius 3 is 2.49 bits per heavy atom. The molecule has 0 saturated heterocycles. The molecule has 10 nitrogen and oxygen atoms in total. The zero-order valence-electron chi connectivity index (χ0n) is 22.8. The van der Waals surface area contributed by atoms with E-state index in [0.717, 1.165) is 32.1 Å². The van der Waals surface area contributed by atoms with Crippen LogP contribution in [-0.4, -0.2) is 52.8 Å². The highest BCUT2D eigenvalue weighted by Crippen LogP contribution is 2.60. The third kappa shape index (κ3) is 5.84. The standard InChI is InChI=1S/C27H41N5O5/c1-16(2)15-37-24-21(14-28-32(24)8-7-26(4,5)30-17(3)33)23(34)29-22-19-9-18-10-20(22)13-27(11-18,12-19)25(35)31-36-6/h7-8,14,16,18-20,22H,9-13,15H2,1-6H3,(H,29,34)(H,30,33)(H,31,35)/b8-7+/t18?,19?,20?,22-,27-. The van der Waals surface area contributed by atoms with Crippen LogP contribution in [0.4, 0.5) is 0 Å². The number of nitrogens with zero attached hydrogens (tertiary/aromatic N) is 2. The number of carbonyl (C=O) groups excluding carboxylic acids is 3. The van der Waals surface area contributed by atoms with Crippen LogP contribution < -0.4 is 20.9 Å². The third-order valence-corrected chi connectivity index (χ3v) is 7.93. The maximum absolute atomic E-state index is 13.6. The smallest absolute Gasteiger partial charge is 0.258 e. The average molecular weight is 516 g/mol. The minimum absolute atomic E-state index is 0.0167. The number of nitrogens with one attached hydrogen (secondary N) is 3. The molecule has 3 N–H and O–H groups in total. The zero-order chi connectivity index (χ0) is 27.0. The van der Waals surface area contributed by atoms with Gasteiger partial charge in [0.15, 0.2) is 0 Å². The number of hydrogen-bond donors (Lipinski definition) is 3. The van der Waals surface area contributed by atoms with Crippen molar-refractivity contribution >= 4 is 23.9 Å². The molecule has 0 aliphatic heterocycles. The van der Waals surface area contributed by atoms with E-state index in [1.54, 1.807) is 10.9 Å². The lowest BCUT2D eigenvalue weighted by Gasteiger charge is -2.59. The van der Waals surface area contributed by atoms with Crippen molar-refractivity contribution in [1.82, 2.24) is 25.9 Å². The summed E-state index contributed by atoms with van der Waals surface area (Å²) in [6, 6.07) is 0.0167. The Morgan fingerprint density at radius 1 is 1.22 bits per heavy atom. The lowest BCUT2D eigenvalue weighted by molar-refractivity contribution is -0.159. The van der Waals surface area contributed by atoms with Crippen molar-refractivity contribution < 1.29 is 24.0 Å². The van der Waals surface area contributed by atoms with Gasteiger partial charge in [0.1, 0.15) is 5.56 Å². The summed E-state index contributed by atoms with van der Waals surface area (Å²) < 4.78 is 7.60. The van der Waals surface area contributed by atoms with Gasteiger partial charge < -0.3 is 15.4 Å². The van der Waals surface area contributed by atoms with Gasteiger partial charge >= 0.3 is 0 Å². The van der Waals surface area contributed by atoms with Crippen molar-refractivity contribution in [3.8, 4) is 5.88 Å². The quantitative estimate of drug-likeness (QED) is 0.412. The molecule has 1 aromatic heterocycles. The molecule has 1 heterocycles. The van der Waals surface area contributed by atoms with Crippen LogP contribution in [0, 0.1) is 29.1 Å². The van der Waals surface area contributed by atoms with E-state index in [-0.39, 0.29) is 41.5 Å². The second kappa shape index (κ2) is 10.5. The fourth-order valence-corrected chi connectivity index (χ4v) is 6.72. The maximum atomic E-state index is 13.6. The summed E-state index contributed by atoms with van der Waals surface area (Å²) in [5.74, 6) is 1.28. The van der Waals surface area contributed by atoms with Crippen molar-refractivity contribution in [2.45, 2.75) is 78.3 Å². The SMILES string of the molecule is CONC(=O)[C@]12CC3CC(C1)[C@@H](NC(=O)c1cnn(/C=C/C(C)(C)NC(C)=O)c1OCC(C)C)C(C3)C2. The molecule has 0 spiro atoms. The molecule has 10 heteroatoms. The molecule has 2 unspecified atom stereocenters. The fourth-order valence-electron chi connectivity index (χ4n) is 6.72. The second-order valence-corrected chi connectivity index (χ2v) is 12.1. The van der Waals surface area contributed by atoms with Crippen LogP contribution in [0.15, 0.2) is 12.3 Å². The zero-order valence-corrected chi connectivity index (χ0v) is 22.8. The predicted molar refractivity (Wildman–Crippen MR) is 138 cm³/mol. The lowest BCUT2D eigenvalue weighted by atomic mass is 9.47. The van der Waals surface area contributed by atoms with E-state index >= 15 is 0 Å². The summed E-state index contributed by atoms with van der Waals surface area (Å²) >= 11 is 0. The molecule has 1 aromatic rings. The third-order valence-electron chi connectivity index (χ3n) is 7.93. The Kier molecular flexibility index (Phi) is 7.69. The topological polar surface area (TPSA) is 124 Å². The number of hydroxylamine groups is 1. The summed E-state index contributed by atoms with van der Waals surface area (Å²) in [6.45, 7) is 9.74. The fraction of sp³-hybridized carbons (Fsp3) is 0.704. The van der Waals surface area contributed by atoms with Gasteiger partial charge in [-0.15, -0.1) is 0 Å². The molecule has 37 heavy (non-hydrogen) atoms. The highest BCUT2D eigenvalue weighted by Gasteiger charge is 2.58. The van der Waals surface area contributed by atoms with E-state index in [4.69, 9.17) is 9.57 Å². The first-order valence-corrected chi connectivity index (χ1v) is 13.3. The van der Waals surface area contributed by atoms with Crippen LogP contribution in [0.1, 0.15) is 77.1 Å². The molecule has 5 rings (SSSR count). The van der Waals surface area contributed by atoms with E-state index in [9.17, 15) is 14.4 Å². The highest BCUT2D eigenvalue weighted by atomic mass is 16.6. The first-order chi connectivity index (χ1) is 17.4. The molecule has 0 radical (unpaired) electrons. The lowest BCUT2D eigenvalue weighted by Crippen LogP contribution is -2.62. The van der Waals surface area contributed by atoms with Gasteiger partial charge in [-0.25, -0.2) is 10.2 Å². The number of aromatic nitrogens is 2. The molecule has 4 bridgehead atoms. The number of amides is 3. The highest BCUT2D eigenvalue weighted by molar-refractivity contribution is 5.96. The van der Waals surface area contributed by atoms with E-state index in [1.165, 1.54) is 20.2 Å². The monoisotopic (exact) mass is 515 g/mol. The molecule has 0 aromatic carbocycles. The number of carbonyl (C=O) groups is 3. The van der Waals surface area contributed by atoms with E-state index < -0.39 is 11.0 Å². The average Bonchev–Trinajstić information content (AvgIpc) is 3.20. The molecular formula is C27H41N5O5. The van der Waals surface area contributed by atoms with Gasteiger partial charge in [-0.3, -0.25) is 19.2 Å². The number of ether oxygens (including phenoxy) is 1. The predicted octanol–water partition coefficient (Wildman–Crippen LogP) is 2.91. The van der Waals surface area contributed by atoms with Gasteiger partial charge in [-0.05, 0) is 75.7 Å². The van der Waals surface area contributed by atoms with Gasteiger partial charge in [-0.1, -0.05) is 13.8 Å². The maximum Gasteiger partial charge on any atom is 0.258 e. The first-order valence-electron chi connectivity index (χ1n) is 13.3. The van der Waals surface area contributed by atoms with Crippen molar-refractivity contribution in [2.75, 3.05) is 13.7 Å². The normalized spacial score (nSPS) is 28.5. The Hall–Kier alpha value is -2.88. The van der Waals surface area contributed by atoms with E-state index in [0.29, 0.717) is 24.0 Å². The summed E-state index contributed by atoms with van der Waals surface area (Å²) in [5.41, 5.74) is 1.96. The summed E-state index contributed by atoms with van der Waals surface area (Å²) in [4.78, 5) is 42.8. The van der Waals surface area contributed by atoms with Crippen LogP contribution in [0.5, 0.6) is 5.88 Å². The van der Waals surface area contributed by atoms with Crippen molar-refractivity contribution in [3.63, 3.8) is 0 Å². The van der Waals surface area contributed by atoms with Gasteiger partial charge in [-0.2, -0.15) is 5.10 Å². The van der Waals surface area contributed by atoms with E-state index in [1.807, 2.05) is 33.8 Å². The Labute approximate surface area is 218 Å². The van der Waals surface area contributed by atoms with Crippen LogP contribution in [0.25, 0.3) is 6.20 Å². The minimum Gasteiger partial charge on any atom is -0.477 e. The Balaban J connectivity index is 1.52. The molecule has 4 saturated carbocycles. The van der Waals surface area contributed by atoms with Crippen molar-refractivity contribution in [3.05, 3.63) is 17.8 Å². The number of rotatable bonds is 10. The molecule has 204 valence electrons. The molecule has 4 aliphatic carbocycles. The van der Waals surface area contributed by atoms with Gasteiger partial charge in [0, 0.05) is 19.2 Å². The van der Waals surface area contributed by atoms with Crippen molar-refractivity contribution in [1.29, 1.82) is 0 Å². The van der Waals surface area contributed by atoms with Crippen LogP contribution in [0.2, 0.25) is 0 Å². The van der Waals surface area contributed by atoms with Crippen LogP contribution >= 0.6 is 0 Å². The van der Waals surface area contributed by atoms with Gasteiger partial charge in [0.2, 0.25) is 17.7 Å². The molecule has 3 amide bonds. The Morgan fingerprint density at radius 2 is 1.89 bits per heavy atom. The van der Waals surface area contributed by atoms with E-state index in [2.05, 4.69) is 21.2 Å². The summed E-state index contributed by atoms with van der Waals surface area (Å²) in [7, 11) is 1.47. The Bertz CT molecular complexity index is 1050. The van der Waals surface area contributed by atoms with Crippen molar-refractivity contribution in [2.24, 2.45) is 29.1 Å². The van der Waals surface area contributed by atoms with Crippen LogP contribution in [0.3, 0.4) is 0 Å². The summed E-state index contributed by atoms with van der Waals surface area (Å²) in [6.07, 6.45) is 9.54. The van der Waals surface area contributed by atoms with Gasteiger partial charge in [0.25, 0.3) is 5.91 Å². The second-order valence-electron chi connectivity index (χ2n) is 12.1.